The van der Waals surface area contributed by atoms with Gasteiger partial charge in [0.2, 0.25) is 5.82 Å². The molecule has 7 heteroatoms. The smallest absolute Gasteiger partial charge is 0.258 e. The number of likely N-dealkylation sites (tertiary alicyclic amines) is 1. The molecule has 3 aromatic rings. The normalized spacial score (nSPS) is 16.8. The highest BCUT2D eigenvalue weighted by atomic mass is 16.6. The van der Waals surface area contributed by atoms with Crippen molar-refractivity contribution in [3.8, 4) is 28.6 Å². The number of nitrogens with zero attached hydrogens (tertiary/aromatic N) is 4. The topological polar surface area (TPSA) is 73.0 Å². The van der Waals surface area contributed by atoms with Crippen molar-refractivity contribution in [2.45, 2.75) is 46.1 Å². The quantitative estimate of drug-likeness (QED) is 0.363. The van der Waals surface area contributed by atoms with Gasteiger partial charge in [-0.3, -0.25) is 4.90 Å². The van der Waals surface area contributed by atoms with Crippen LogP contribution in [0.5, 0.6) is 5.75 Å². The molecular formula is C26H30N4O3. The van der Waals surface area contributed by atoms with Crippen molar-refractivity contribution >= 4 is 5.71 Å². The van der Waals surface area contributed by atoms with E-state index in [1.807, 2.05) is 51.1 Å². The molecule has 2 aromatic carbocycles. The molecule has 0 unspecified atom stereocenters. The minimum atomic E-state index is 0.129. The monoisotopic (exact) mass is 446 g/mol. The predicted octanol–water partition coefficient (Wildman–Crippen LogP) is 4.87. The molecule has 7 nitrogen and oxygen atoms in total. The third-order valence-corrected chi connectivity index (χ3v) is 6.17. The Bertz CT molecular complexity index is 1160. The molecule has 0 N–H and O–H groups in total. The summed E-state index contributed by atoms with van der Waals surface area (Å²) in [7, 11) is 0. The van der Waals surface area contributed by atoms with E-state index in [0.29, 0.717) is 18.3 Å². The van der Waals surface area contributed by atoms with Gasteiger partial charge in [0.05, 0.1) is 11.8 Å². The Kier molecular flexibility index (Phi) is 6.13. The van der Waals surface area contributed by atoms with E-state index >= 15 is 0 Å². The van der Waals surface area contributed by atoms with E-state index in [4.69, 9.17) is 19.1 Å². The molecule has 1 aliphatic carbocycles. The lowest BCUT2D eigenvalue weighted by Crippen LogP contribution is -2.39. The Balaban J connectivity index is 1.33. The Labute approximate surface area is 194 Å². The van der Waals surface area contributed by atoms with Gasteiger partial charge in [0.15, 0.2) is 0 Å². The fraction of sp³-hybridized carbons (Fsp3) is 0.423. The van der Waals surface area contributed by atoms with Crippen LogP contribution in [0.25, 0.3) is 22.8 Å². The van der Waals surface area contributed by atoms with E-state index in [2.05, 4.69) is 21.3 Å². The van der Waals surface area contributed by atoms with Crippen molar-refractivity contribution in [3.05, 3.63) is 53.1 Å². The molecule has 1 aromatic heterocycles. The first-order chi connectivity index (χ1) is 16.1. The summed E-state index contributed by atoms with van der Waals surface area (Å²) < 4.78 is 11.5. The molecule has 2 aliphatic rings. The Morgan fingerprint density at radius 2 is 1.97 bits per heavy atom. The molecule has 0 spiro atoms. The van der Waals surface area contributed by atoms with Crippen LogP contribution in [0.1, 0.15) is 43.4 Å². The van der Waals surface area contributed by atoms with Crippen LogP contribution in [0.3, 0.4) is 0 Å². The average molecular weight is 447 g/mol. The first-order valence-corrected chi connectivity index (χ1v) is 11.7. The second-order valence-electron chi connectivity index (χ2n) is 8.97. The number of rotatable bonds is 8. The van der Waals surface area contributed by atoms with E-state index < -0.39 is 0 Å². The molecule has 5 rings (SSSR count). The summed E-state index contributed by atoms with van der Waals surface area (Å²) >= 11 is 0. The molecular weight excluding hydrogens is 416 g/mol. The van der Waals surface area contributed by atoms with Crippen molar-refractivity contribution in [2.75, 3.05) is 26.2 Å². The predicted molar refractivity (Wildman–Crippen MR) is 128 cm³/mol. The molecule has 172 valence electrons. The Morgan fingerprint density at radius 3 is 2.73 bits per heavy atom. The number of benzene rings is 2. The summed E-state index contributed by atoms with van der Waals surface area (Å²) in [5, 5.41) is 8.72. The second kappa shape index (κ2) is 9.35. The van der Waals surface area contributed by atoms with E-state index in [1.54, 1.807) is 0 Å². The highest BCUT2D eigenvalue weighted by molar-refractivity contribution is 6.05. The molecule has 0 bridgehead atoms. The van der Waals surface area contributed by atoms with Gasteiger partial charge >= 0.3 is 0 Å². The molecule has 1 fully saturated rings. The van der Waals surface area contributed by atoms with Gasteiger partial charge < -0.3 is 14.1 Å². The zero-order valence-corrected chi connectivity index (χ0v) is 19.5. The number of fused-ring (bicyclic) bond motifs is 1. The van der Waals surface area contributed by atoms with Crippen LogP contribution in [0, 0.1) is 6.92 Å². The summed E-state index contributed by atoms with van der Waals surface area (Å²) in [6, 6.07) is 12.1. The molecule has 1 saturated heterocycles. The highest BCUT2D eigenvalue weighted by Gasteiger charge is 2.24. The number of aromatic nitrogens is 2. The lowest BCUT2D eigenvalue weighted by Gasteiger charge is -2.29. The maximum absolute atomic E-state index is 5.84. The summed E-state index contributed by atoms with van der Waals surface area (Å²) in [5.74, 6) is 1.97. The van der Waals surface area contributed by atoms with E-state index in [-0.39, 0.29) is 6.10 Å². The molecule has 0 radical (unpaired) electrons. The highest BCUT2D eigenvalue weighted by Crippen LogP contribution is 2.33. The molecule has 0 atom stereocenters. The number of hydrogen-bond donors (Lipinski definition) is 0. The summed E-state index contributed by atoms with van der Waals surface area (Å²) in [6.07, 6.45) is 3.17. The van der Waals surface area contributed by atoms with Gasteiger partial charge in [0.25, 0.3) is 5.89 Å². The first-order valence-electron chi connectivity index (χ1n) is 11.7. The van der Waals surface area contributed by atoms with Crippen LogP contribution in [-0.4, -0.2) is 53.1 Å². The fourth-order valence-corrected chi connectivity index (χ4v) is 4.33. The van der Waals surface area contributed by atoms with Gasteiger partial charge in [0.1, 0.15) is 12.4 Å². The van der Waals surface area contributed by atoms with Crippen molar-refractivity contribution in [1.29, 1.82) is 0 Å². The number of oxime groups is 1. The minimum absolute atomic E-state index is 0.129. The van der Waals surface area contributed by atoms with E-state index in [0.717, 1.165) is 53.1 Å². The number of ether oxygens (including phenoxy) is 1. The van der Waals surface area contributed by atoms with E-state index in [1.165, 1.54) is 25.1 Å². The van der Waals surface area contributed by atoms with Crippen molar-refractivity contribution < 1.29 is 14.1 Å². The van der Waals surface area contributed by atoms with Crippen LogP contribution in [-0.2, 0) is 11.3 Å². The molecule has 0 amide bonds. The standard InChI is InChI=1S/C26H30N4O3/c1-17(2)32-24-11-8-19(16-18(24)3)26-27-25(29-33-26)22-7-4-6-21-20(22)9-10-23(21)28-31-15-14-30-12-5-13-30/h4,6-8,11,16-17H,5,9-10,12-15H2,1-3H3/b28-23+. The van der Waals surface area contributed by atoms with Gasteiger partial charge in [-0.25, -0.2) is 0 Å². The third kappa shape index (κ3) is 4.64. The second-order valence-corrected chi connectivity index (χ2v) is 8.97. The lowest BCUT2D eigenvalue weighted by molar-refractivity contribution is 0.0852. The maximum Gasteiger partial charge on any atom is 0.258 e. The summed E-state index contributed by atoms with van der Waals surface area (Å²) in [5.41, 5.74) is 6.23. The number of aryl methyl sites for hydroxylation is 1. The molecule has 2 heterocycles. The zero-order chi connectivity index (χ0) is 22.8. The van der Waals surface area contributed by atoms with Crippen LogP contribution in [0.15, 0.2) is 46.1 Å². The van der Waals surface area contributed by atoms with Crippen LogP contribution >= 0.6 is 0 Å². The van der Waals surface area contributed by atoms with Crippen LogP contribution in [0.4, 0.5) is 0 Å². The lowest BCUT2D eigenvalue weighted by atomic mass is 10.0. The largest absolute Gasteiger partial charge is 0.491 e. The van der Waals surface area contributed by atoms with Crippen molar-refractivity contribution in [3.63, 3.8) is 0 Å². The van der Waals surface area contributed by atoms with Gasteiger partial charge in [-0.15, -0.1) is 0 Å². The first kappa shape index (κ1) is 21.6. The number of hydrogen-bond acceptors (Lipinski definition) is 7. The Hall–Kier alpha value is -3.19. The molecule has 33 heavy (non-hydrogen) atoms. The van der Waals surface area contributed by atoms with Crippen LogP contribution in [0.2, 0.25) is 0 Å². The SMILES string of the molecule is Cc1cc(-c2nc(-c3cccc4c3CC/C4=N\OCCN3CCC3)no2)ccc1OC(C)C. The van der Waals surface area contributed by atoms with Gasteiger partial charge in [0, 0.05) is 23.2 Å². The minimum Gasteiger partial charge on any atom is -0.491 e. The third-order valence-electron chi connectivity index (χ3n) is 6.17. The van der Waals surface area contributed by atoms with Gasteiger partial charge in [-0.2, -0.15) is 4.98 Å². The molecule has 1 aliphatic heterocycles. The maximum atomic E-state index is 5.84. The summed E-state index contributed by atoms with van der Waals surface area (Å²) in [6.45, 7) is 9.99. The van der Waals surface area contributed by atoms with Gasteiger partial charge in [-0.05, 0) is 82.4 Å². The zero-order valence-electron chi connectivity index (χ0n) is 19.5. The van der Waals surface area contributed by atoms with Crippen molar-refractivity contribution in [1.82, 2.24) is 15.0 Å². The summed E-state index contributed by atoms with van der Waals surface area (Å²) in [4.78, 5) is 12.7. The van der Waals surface area contributed by atoms with Crippen molar-refractivity contribution in [2.24, 2.45) is 5.16 Å². The Morgan fingerprint density at radius 1 is 1.12 bits per heavy atom. The van der Waals surface area contributed by atoms with Crippen LogP contribution < -0.4 is 4.74 Å². The average Bonchev–Trinajstić information content (AvgIpc) is 3.41. The van der Waals surface area contributed by atoms with Gasteiger partial charge in [-0.1, -0.05) is 28.5 Å². The van der Waals surface area contributed by atoms with E-state index in [9.17, 15) is 0 Å². The molecule has 0 saturated carbocycles. The fourth-order valence-electron chi connectivity index (χ4n) is 4.33.